The Morgan fingerprint density at radius 1 is 1.22 bits per heavy atom. The molecule has 2 heterocycles. The van der Waals surface area contributed by atoms with Crippen LogP contribution in [0, 0.1) is 12.3 Å². The van der Waals surface area contributed by atoms with Crippen molar-refractivity contribution in [1.82, 2.24) is 9.88 Å². The van der Waals surface area contributed by atoms with E-state index in [1.165, 1.54) is 38.5 Å². The van der Waals surface area contributed by atoms with Crippen molar-refractivity contribution >= 4 is 5.91 Å². The van der Waals surface area contributed by atoms with E-state index in [1.807, 2.05) is 24.1 Å². The third kappa shape index (κ3) is 1.96. The van der Waals surface area contributed by atoms with Gasteiger partial charge in [-0.1, -0.05) is 12.8 Å². The lowest BCUT2D eigenvalue weighted by molar-refractivity contribution is 0.0587. The molecule has 0 radical (unpaired) electrons. The quantitative estimate of drug-likeness (QED) is 0.812. The zero-order valence-corrected chi connectivity index (χ0v) is 11.2. The van der Waals surface area contributed by atoms with E-state index in [1.54, 1.807) is 0 Å². The van der Waals surface area contributed by atoms with Crippen LogP contribution in [0.5, 0.6) is 0 Å². The van der Waals surface area contributed by atoms with Crippen LogP contribution >= 0.6 is 0 Å². The summed E-state index contributed by atoms with van der Waals surface area (Å²) in [7, 11) is 0. The van der Waals surface area contributed by atoms with E-state index < -0.39 is 0 Å². The molecular weight excluding hydrogens is 224 g/mol. The molecule has 0 atom stereocenters. The van der Waals surface area contributed by atoms with Gasteiger partial charge >= 0.3 is 0 Å². The maximum Gasteiger partial charge on any atom is 0.255 e. The molecule has 18 heavy (non-hydrogen) atoms. The molecular formula is C15H22N2O. The second-order valence-electron chi connectivity index (χ2n) is 6.02. The van der Waals surface area contributed by atoms with E-state index in [0.717, 1.165) is 24.3 Å². The lowest BCUT2D eigenvalue weighted by Gasteiger charge is -2.39. The number of H-pyrrole nitrogens is 1. The number of carbonyl (C=O) groups excluding carboxylic acids is 1. The average Bonchev–Trinajstić information content (AvgIpc) is 2.99. The van der Waals surface area contributed by atoms with Gasteiger partial charge in [0.2, 0.25) is 0 Å². The number of amides is 1. The average molecular weight is 246 g/mol. The number of piperidine rings is 1. The van der Waals surface area contributed by atoms with E-state index in [0.29, 0.717) is 5.41 Å². The Morgan fingerprint density at radius 3 is 2.44 bits per heavy atom. The first kappa shape index (κ1) is 11.8. The first-order valence-electron chi connectivity index (χ1n) is 7.14. The normalized spacial score (nSPS) is 22.6. The van der Waals surface area contributed by atoms with Gasteiger partial charge < -0.3 is 9.88 Å². The second kappa shape index (κ2) is 4.45. The first-order valence-corrected chi connectivity index (χ1v) is 7.14. The van der Waals surface area contributed by atoms with E-state index in [9.17, 15) is 4.79 Å². The molecule has 1 aromatic heterocycles. The van der Waals surface area contributed by atoms with Gasteiger partial charge in [0.1, 0.15) is 0 Å². The van der Waals surface area contributed by atoms with Gasteiger partial charge in [-0.25, -0.2) is 0 Å². The molecule has 1 aromatic rings. The Balaban J connectivity index is 1.66. The summed E-state index contributed by atoms with van der Waals surface area (Å²) in [4.78, 5) is 17.5. The third-order valence-corrected chi connectivity index (χ3v) is 4.96. The lowest BCUT2D eigenvalue weighted by Crippen LogP contribution is -2.42. The fourth-order valence-corrected chi connectivity index (χ4v) is 3.66. The predicted octanol–water partition coefficient (Wildman–Crippen LogP) is 3.12. The fourth-order valence-electron chi connectivity index (χ4n) is 3.66. The Bertz CT molecular complexity index is 433. The third-order valence-electron chi connectivity index (χ3n) is 4.96. The van der Waals surface area contributed by atoms with Crippen LogP contribution in [-0.4, -0.2) is 28.9 Å². The Hall–Kier alpha value is -1.25. The number of aryl methyl sites for hydroxylation is 1. The molecule has 0 aromatic carbocycles. The molecule has 1 aliphatic heterocycles. The van der Waals surface area contributed by atoms with Gasteiger partial charge in [-0.2, -0.15) is 0 Å². The van der Waals surface area contributed by atoms with Gasteiger partial charge in [0.15, 0.2) is 0 Å². The SMILES string of the molecule is Cc1[nH]ccc1C(=O)N1CCC2(CCCC2)CC1. The number of rotatable bonds is 1. The van der Waals surface area contributed by atoms with Crippen LogP contribution < -0.4 is 0 Å². The molecule has 3 heteroatoms. The summed E-state index contributed by atoms with van der Waals surface area (Å²) in [6.45, 7) is 3.86. The molecule has 3 rings (SSSR count). The lowest BCUT2D eigenvalue weighted by atomic mass is 9.77. The molecule has 2 fully saturated rings. The molecule has 1 saturated carbocycles. The zero-order chi connectivity index (χ0) is 12.6. The number of aromatic nitrogens is 1. The number of carbonyl (C=O) groups is 1. The summed E-state index contributed by atoms with van der Waals surface area (Å²) in [6, 6.07) is 1.90. The number of hydrogen-bond donors (Lipinski definition) is 1. The highest BCUT2D eigenvalue weighted by Gasteiger charge is 2.38. The highest BCUT2D eigenvalue weighted by atomic mass is 16.2. The number of hydrogen-bond acceptors (Lipinski definition) is 1. The maximum atomic E-state index is 12.4. The number of nitrogens with zero attached hydrogens (tertiary/aromatic N) is 1. The monoisotopic (exact) mass is 246 g/mol. The van der Waals surface area contributed by atoms with Crippen molar-refractivity contribution in [2.24, 2.45) is 5.41 Å². The van der Waals surface area contributed by atoms with Crippen LogP contribution in [0.1, 0.15) is 54.6 Å². The van der Waals surface area contributed by atoms with Crippen molar-refractivity contribution < 1.29 is 4.79 Å². The Kier molecular flexibility index (Phi) is 2.92. The molecule has 1 aliphatic carbocycles. The number of nitrogens with one attached hydrogen (secondary N) is 1. The summed E-state index contributed by atoms with van der Waals surface area (Å²) < 4.78 is 0. The smallest absolute Gasteiger partial charge is 0.255 e. The summed E-state index contributed by atoms with van der Waals surface area (Å²) in [5, 5.41) is 0. The van der Waals surface area contributed by atoms with Gasteiger partial charge in [-0.3, -0.25) is 4.79 Å². The van der Waals surface area contributed by atoms with E-state index in [4.69, 9.17) is 0 Å². The van der Waals surface area contributed by atoms with E-state index >= 15 is 0 Å². The minimum Gasteiger partial charge on any atom is -0.365 e. The molecule has 3 nitrogen and oxygen atoms in total. The molecule has 1 spiro atoms. The maximum absolute atomic E-state index is 12.4. The minimum absolute atomic E-state index is 0.210. The molecule has 1 amide bonds. The Labute approximate surface area is 109 Å². The van der Waals surface area contributed by atoms with Crippen LogP contribution in [0.4, 0.5) is 0 Å². The van der Waals surface area contributed by atoms with Gasteiger partial charge in [0.05, 0.1) is 5.56 Å². The highest BCUT2D eigenvalue weighted by Crippen LogP contribution is 2.46. The van der Waals surface area contributed by atoms with E-state index in [2.05, 4.69) is 4.98 Å². The predicted molar refractivity (Wildman–Crippen MR) is 71.6 cm³/mol. The largest absolute Gasteiger partial charge is 0.365 e. The summed E-state index contributed by atoms with van der Waals surface area (Å²) in [5.41, 5.74) is 2.42. The minimum atomic E-state index is 0.210. The molecule has 1 N–H and O–H groups in total. The van der Waals surface area contributed by atoms with E-state index in [-0.39, 0.29) is 5.91 Å². The summed E-state index contributed by atoms with van der Waals surface area (Å²) >= 11 is 0. The van der Waals surface area contributed by atoms with Gasteiger partial charge in [0, 0.05) is 25.0 Å². The second-order valence-corrected chi connectivity index (χ2v) is 6.02. The molecule has 2 aliphatic rings. The first-order chi connectivity index (χ1) is 8.70. The van der Waals surface area contributed by atoms with Crippen LogP contribution in [0.25, 0.3) is 0 Å². The van der Waals surface area contributed by atoms with Crippen molar-refractivity contribution in [1.29, 1.82) is 0 Å². The molecule has 0 unspecified atom stereocenters. The Morgan fingerprint density at radius 2 is 1.89 bits per heavy atom. The fraction of sp³-hybridized carbons (Fsp3) is 0.667. The highest BCUT2D eigenvalue weighted by molar-refractivity contribution is 5.95. The summed E-state index contributed by atoms with van der Waals surface area (Å²) in [5.74, 6) is 0.210. The zero-order valence-electron chi connectivity index (χ0n) is 11.2. The van der Waals surface area contributed by atoms with Crippen molar-refractivity contribution in [3.8, 4) is 0 Å². The van der Waals surface area contributed by atoms with Crippen molar-refractivity contribution in [2.45, 2.75) is 45.4 Å². The molecule has 1 saturated heterocycles. The molecule has 98 valence electrons. The van der Waals surface area contributed by atoms with Gasteiger partial charge in [0.25, 0.3) is 5.91 Å². The van der Waals surface area contributed by atoms with Gasteiger partial charge in [-0.15, -0.1) is 0 Å². The van der Waals surface area contributed by atoms with Crippen LogP contribution in [0.2, 0.25) is 0 Å². The van der Waals surface area contributed by atoms with Crippen molar-refractivity contribution in [3.63, 3.8) is 0 Å². The van der Waals surface area contributed by atoms with Crippen molar-refractivity contribution in [3.05, 3.63) is 23.5 Å². The summed E-state index contributed by atoms with van der Waals surface area (Å²) in [6.07, 6.45) is 9.83. The van der Waals surface area contributed by atoms with Crippen LogP contribution in [0.15, 0.2) is 12.3 Å². The molecule has 0 bridgehead atoms. The van der Waals surface area contributed by atoms with Crippen LogP contribution in [0.3, 0.4) is 0 Å². The number of likely N-dealkylation sites (tertiary alicyclic amines) is 1. The standard InChI is InChI=1S/C15H22N2O/c1-12-13(4-9-16-12)14(18)17-10-7-15(8-11-17)5-2-3-6-15/h4,9,16H,2-3,5-8,10-11H2,1H3. The van der Waals surface area contributed by atoms with Gasteiger partial charge in [-0.05, 0) is 44.1 Å². The number of aromatic amines is 1. The topological polar surface area (TPSA) is 36.1 Å². The van der Waals surface area contributed by atoms with Crippen LogP contribution in [-0.2, 0) is 0 Å². The van der Waals surface area contributed by atoms with Crippen molar-refractivity contribution in [2.75, 3.05) is 13.1 Å².